The molecule has 29 heavy (non-hydrogen) atoms. The van der Waals surface area contributed by atoms with Crippen molar-refractivity contribution in [3.8, 4) is 0 Å². The second-order valence-corrected chi connectivity index (χ2v) is 7.50. The number of pyridine rings is 1. The fourth-order valence-electron chi connectivity index (χ4n) is 2.94. The van der Waals surface area contributed by atoms with Gasteiger partial charge in [0, 0.05) is 25.2 Å². The molecule has 1 aromatic carbocycles. The molecule has 0 aliphatic carbocycles. The van der Waals surface area contributed by atoms with E-state index in [0.717, 1.165) is 21.5 Å². The third-order valence-electron chi connectivity index (χ3n) is 4.41. The zero-order chi connectivity index (χ0) is 20.8. The van der Waals surface area contributed by atoms with E-state index in [1.54, 1.807) is 14.0 Å². The number of thiazole rings is 1. The first-order valence-electron chi connectivity index (χ1n) is 9.47. The molecule has 7 nitrogen and oxygen atoms in total. The first-order valence-corrected chi connectivity index (χ1v) is 10.3. The number of guanidine groups is 1. The Morgan fingerprint density at radius 2 is 2.10 bits per heavy atom. The van der Waals surface area contributed by atoms with E-state index in [4.69, 9.17) is 4.74 Å². The van der Waals surface area contributed by atoms with Crippen LogP contribution in [-0.4, -0.2) is 35.6 Å². The number of carbonyl (C=O) groups is 1. The summed E-state index contributed by atoms with van der Waals surface area (Å²) in [5.74, 6) is 0.331. The van der Waals surface area contributed by atoms with Crippen molar-refractivity contribution in [2.45, 2.75) is 33.4 Å². The van der Waals surface area contributed by atoms with Crippen LogP contribution < -0.4 is 10.6 Å². The normalized spacial score (nSPS) is 12.6. The summed E-state index contributed by atoms with van der Waals surface area (Å²) in [6.45, 7) is 6.56. The Kier molecular flexibility index (Phi) is 6.77. The second-order valence-electron chi connectivity index (χ2n) is 6.47. The monoisotopic (exact) mass is 411 g/mol. The van der Waals surface area contributed by atoms with E-state index in [0.29, 0.717) is 29.7 Å². The molecule has 0 bridgehead atoms. The lowest BCUT2D eigenvalue weighted by molar-refractivity contribution is 0.0531. The van der Waals surface area contributed by atoms with Crippen LogP contribution in [-0.2, 0) is 11.3 Å². The van der Waals surface area contributed by atoms with Crippen molar-refractivity contribution in [2.75, 3.05) is 13.7 Å². The van der Waals surface area contributed by atoms with E-state index in [9.17, 15) is 4.79 Å². The average Bonchev–Trinajstić information content (AvgIpc) is 3.13. The summed E-state index contributed by atoms with van der Waals surface area (Å²) in [6.07, 6.45) is 1.81. The third kappa shape index (κ3) is 4.89. The maximum atomic E-state index is 12.0. The van der Waals surface area contributed by atoms with Crippen LogP contribution in [0.1, 0.15) is 45.8 Å². The number of aliphatic imine (C=N–C) groups is 1. The summed E-state index contributed by atoms with van der Waals surface area (Å²) in [5, 5.41) is 8.59. The Bertz CT molecular complexity index is 1030. The van der Waals surface area contributed by atoms with E-state index < -0.39 is 0 Å². The summed E-state index contributed by atoms with van der Waals surface area (Å²) in [6, 6.07) is 9.95. The summed E-state index contributed by atoms with van der Waals surface area (Å²) in [7, 11) is 1.73. The van der Waals surface area contributed by atoms with Crippen molar-refractivity contribution in [3.63, 3.8) is 0 Å². The maximum Gasteiger partial charge on any atom is 0.350 e. The molecule has 2 aromatic heterocycles. The molecule has 152 valence electrons. The van der Waals surface area contributed by atoms with E-state index in [1.165, 1.54) is 11.3 Å². The number of rotatable bonds is 6. The number of carbonyl (C=O) groups excluding carboxylic acids is 1. The van der Waals surface area contributed by atoms with Crippen LogP contribution in [0.25, 0.3) is 10.9 Å². The van der Waals surface area contributed by atoms with E-state index in [1.807, 2.05) is 44.3 Å². The number of aromatic nitrogens is 2. The zero-order valence-electron chi connectivity index (χ0n) is 17.0. The number of nitrogens with one attached hydrogen (secondary N) is 2. The lowest BCUT2D eigenvalue weighted by Crippen LogP contribution is -2.38. The molecular weight excluding hydrogens is 386 g/mol. The van der Waals surface area contributed by atoms with Gasteiger partial charge in [-0.05, 0) is 38.5 Å². The van der Waals surface area contributed by atoms with E-state index in [2.05, 4.69) is 31.7 Å². The standard InChI is InChI=1S/C21H25N5O2S/c1-5-28-20(27)18-13(2)25-19(29-18)14(3)26-21(22-4)24-12-15-10-11-23-17-9-7-6-8-16(15)17/h6-11,14H,5,12H2,1-4H3,(H2,22,24,26). The van der Waals surface area contributed by atoms with Gasteiger partial charge in [0.15, 0.2) is 5.96 Å². The van der Waals surface area contributed by atoms with Gasteiger partial charge in [0.2, 0.25) is 0 Å². The molecule has 8 heteroatoms. The molecule has 0 aliphatic heterocycles. The lowest BCUT2D eigenvalue weighted by atomic mass is 10.1. The predicted molar refractivity (Wildman–Crippen MR) is 116 cm³/mol. The number of hydrogen-bond acceptors (Lipinski definition) is 6. The molecule has 1 atom stereocenters. The summed E-state index contributed by atoms with van der Waals surface area (Å²) >= 11 is 1.35. The average molecular weight is 412 g/mol. The van der Waals surface area contributed by atoms with Crippen molar-refractivity contribution >= 4 is 34.2 Å². The third-order valence-corrected chi connectivity index (χ3v) is 5.73. The maximum absolute atomic E-state index is 12.0. The van der Waals surface area contributed by atoms with Crippen molar-refractivity contribution in [2.24, 2.45) is 4.99 Å². The second kappa shape index (κ2) is 9.47. The molecular formula is C21H25N5O2S. The number of hydrogen-bond donors (Lipinski definition) is 2. The number of nitrogens with zero attached hydrogens (tertiary/aromatic N) is 3. The van der Waals surface area contributed by atoms with E-state index in [-0.39, 0.29) is 12.0 Å². The van der Waals surface area contributed by atoms with Gasteiger partial charge in [-0.2, -0.15) is 0 Å². The molecule has 3 aromatic rings. The van der Waals surface area contributed by atoms with Crippen LogP contribution in [0.5, 0.6) is 0 Å². The van der Waals surface area contributed by atoms with E-state index >= 15 is 0 Å². The minimum absolute atomic E-state index is 0.109. The van der Waals surface area contributed by atoms with Gasteiger partial charge in [0.25, 0.3) is 0 Å². The largest absolute Gasteiger partial charge is 0.462 e. The lowest BCUT2D eigenvalue weighted by Gasteiger charge is -2.16. The minimum atomic E-state index is -0.326. The molecule has 0 saturated carbocycles. The van der Waals surface area contributed by atoms with Gasteiger partial charge in [0.1, 0.15) is 9.88 Å². The van der Waals surface area contributed by atoms with Gasteiger partial charge in [-0.25, -0.2) is 9.78 Å². The van der Waals surface area contributed by atoms with Crippen LogP contribution in [0.15, 0.2) is 41.5 Å². The molecule has 2 heterocycles. The Labute approximate surface area is 174 Å². The highest BCUT2D eigenvalue weighted by molar-refractivity contribution is 7.13. The molecule has 2 N–H and O–H groups in total. The van der Waals surface area contributed by atoms with Crippen molar-refractivity contribution in [1.82, 2.24) is 20.6 Å². The molecule has 3 rings (SSSR count). The van der Waals surface area contributed by atoms with Crippen molar-refractivity contribution in [1.29, 1.82) is 0 Å². The van der Waals surface area contributed by atoms with Gasteiger partial charge in [-0.15, -0.1) is 11.3 Å². The highest BCUT2D eigenvalue weighted by Crippen LogP contribution is 2.24. The smallest absolute Gasteiger partial charge is 0.350 e. The topological polar surface area (TPSA) is 88.5 Å². The Hall–Kier alpha value is -3.00. The zero-order valence-corrected chi connectivity index (χ0v) is 17.8. The Morgan fingerprint density at radius 3 is 2.86 bits per heavy atom. The highest BCUT2D eigenvalue weighted by atomic mass is 32.1. The minimum Gasteiger partial charge on any atom is -0.462 e. The van der Waals surface area contributed by atoms with Gasteiger partial charge in [0.05, 0.1) is 23.9 Å². The Balaban J connectivity index is 1.67. The number of esters is 1. The van der Waals surface area contributed by atoms with Crippen LogP contribution >= 0.6 is 11.3 Å². The molecule has 1 unspecified atom stereocenters. The van der Waals surface area contributed by atoms with Gasteiger partial charge in [-0.3, -0.25) is 9.98 Å². The van der Waals surface area contributed by atoms with Crippen LogP contribution in [0, 0.1) is 6.92 Å². The molecule has 0 saturated heterocycles. The van der Waals surface area contributed by atoms with Crippen molar-refractivity contribution < 1.29 is 9.53 Å². The number of ether oxygens (including phenoxy) is 1. The van der Waals surface area contributed by atoms with Crippen LogP contribution in [0.3, 0.4) is 0 Å². The van der Waals surface area contributed by atoms with Crippen LogP contribution in [0.2, 0.25) is 0 Å². The first-order chi connectivity index (χ1) is 14.0. The summed E-state index contributed by atoms with van der Waals surface area (Å²) < 4.78 is 5.10. The van der Waals surface area contributed by atoms with Crippen molar-refractivity contribution in [3.05, 3.63) is 57.7 Å². The fraction of sp³-hybridized carbons (Fsp3) is 0.333. The fourth-order valence-corrected chi connectivity index (χ4v) is 3.90. The molecule has 0 radical (unpaired) electrons. The summed E-state index contributed by atoms with van der Waals surface area (Å²) in [4.78, 5) is 25.8. The van der Waals surface area contributed by atoms with Gasteiger partial charge >= 0.3 is 5.97 Å². The number of benzene rings is 1. The first kappa shape index (κ1) is 20.7. The molecule has 0 spiro atoms. The molecule has 0 fully saturated rings. The highest BCUT2D eigenvalue weighted by Gasteiger charge is 2.20. The molecule has 0 amide bonds. The number of aryl methyl sites for hydroxylation is 1. The van der Waals surface area contributed by atoms with Gasteiger partial charge in [-0.1, -0.05) is 18.2 Å². The SMILES string of the molecule is CCOC(=O)c1sc(C(C)NC(=NC)NCc2ccnc3ccccc23)nc1C. The Morgan fingerprint density at radius 1 is 1.31 bits per heavy atom. The van der Waals surface area contributed by atoms with Crippen LogP contribution in [0.4, 0.5) is 0 Å². The summed E-state index contributed by atoms with van der Waals surface area (Å²) in [5.41, 5.74) is 2.79. The molecule has 0 aliphatic rings. The number of fused-ring (bicyclic) bond motifs is 1. The predicted octanol–water partition coefficient (Wildman–Crippen LogP) is 3.60. The quantitative estimate of drug-likeness (QED) is 0.366. The van der Waals surface area contributed by atoms with Gasteiger partial charge < -0.3 is 15.4 Å². The number of para-hydroxylation sites is 1.